The van der Waals surface area contributed by atoms with Crippen LogP contribution in [0.25, 0.3) is 0 Å². The second kappa shape index (κ2) is 8.95. The number of rotatable bonds is 7. The fourth-order valence-corrected chi connectivity index (χ4v) is 2.00. The first-order valence-corrected chi connectivity index (χ1v) is 6.71. The van der Waals surface area contributed by atoms with Gasteiger partial charge in [0.1, 0.15) is 0 Å². The van der Waals surface area contributed by atoms with E-state index in [2.05, 4.69) is 5.32 Å². The number of carbonyl (C=O) groups is 1. The van der Waals surface area contributed by atoms with Crippen molar-refractivity contribution < 1.29 is 9.53 Å². The zero-order valence-corrected chi connectivity index (χ0v) is 13.3. The minimum absolute atomic E-state index is 0. The molecule has 0 aromatic heterocycles. The lowest BCUT2D eigenvalue weighted by molar-refractivity contribution is 0.0895. The SMILES string of the molecule is CCC(CC)(CN)NC(=O)c1ccc(COC)cc1.Cl. The molecule has 1 amide bonds. The minimum atomic E-state index is -0.303. The number of amides is 1. The van der Waals surface area contributed by atoms with Crippen LogP contribution in [0.5, 0.6) is 0 Å². The Labute approximate surface area is 127 Å². The average Bonchev–Trinajstić information content (AvgIpc) is 2.46. The third kappa shape index (κ3) is 4.78. The van der Waals surface area contributed by atoms with Gasteiger partial charge in [-0.2, -0.15) is 0 Å². The molecule has 0 aliphatic carbocycles. The minimum Gasteiger partial charge on any atom is -0.380 e. The van der Waals surface area contributed by atoms with Gasteiger partial charge in [-0.15, -0.1) is 12.4 Å². The summed E-state index contributed by atoms with van der Waals surface area (Å²) in [5.41, 5.74) is 7.19. The summed E-state index contributed by atoms with van der Waals surface area (Å²) in [6, 6.07) is 7.44. The molecule has 0 spiro atoms. The van der Waals surface area contributed by atoms with Crippen LogP contribution in [-0.2, 0) is 11.3 Å². The first kappa shape index (κ1) is 18.9. The number of carbonyl (C=O) groups excluding carboxylic acids is 1. The number of hydrogen-bond acceptors (Lipinski definition) is 3. The van der Waals surface area contributed by atoms with Crippen LogP contribution >= 0.6 is 12.4 Å². The highest BCUT2D eigenvalue weighted by molar-refractivity contribution is 5.94. The molecule has 1 aromatic rings. The highest BCUT2D eigenvalue weighted by atomic mass is 35.5. The maximum absolute atomic E-state index is 12.2. The van der Waals surface area contributed by atoms with Crippen LogP contribution in [0.2, 0.25) is 0 Å². The third-order valence-corrected chi connectivity index (χ3v) is 3.65. The van der Waals surface area contributed by atoms with Gasteiger partial charge in [-0.3, -0.25) is 4.79 Å². The molecule has 0 radical (unpaired) electrons. The van der Waals surface area contributed by atoms with Crippen LogP contribution in [0.3, 0.4) is 0 Å². The second-order valence-electron chi connectivity index (χ2n) is 4.78. The molecule has 20 heavy (non-hydrogen) atoms. The Bertz CT molecular complexity index is 395. The lowest BCUT2D eigenvalue weighted by atomic mass is 9.92. The highest BCUT2D eigenvalue weighted by Gasteiger charge is 2.26. The van der Waals surface area contributed by atoms with E-state index in [1.165, 1.54) is 0 Å². The Hall–Kier alpha value is -1.10. The largest absolute Gasteiger partial charge is 0.380 e. The van der Waals surface area contributed by atoms with Crippen molar-refractivity contribution in [2.24, 2.45) is 5.73 Å². The summed E-state index contributed by atoms with van der Waals surface area (Å²) in [4.78, 5) is 12.2. The van der Waals surface area contributed by atoms with Crippen LogP contribution < -0.4 is 11.1 Å². The summed E-state index contributed by atoms with van der Waals surface area (Å²) < 4.78 is 5.04. The molecule has 0 aliphatic rings. The molecule has 4 nitrogen and oxygen atoms in total. The first-order valence-electron chi connectivity index (χ1n) is 6.71. The Morgan fingerprint density at radius 3 is 2.20 bits per heavy atom. The fraction of sp³-hybridized carbons (Fsp3) is 0.533. The third-order valence-electron chi connectivity index (χ3n) is 3.65. The molecule has 0 aliphatic heterocycles. The van der Waals surface area contributed by atoms with Crippen LogP contribution in [-0.4, -0.2) is 25.1 Å². The number of halogens is 1. The van der Waals surface area contributed by atoms with Gasteiger partial charge < -0.3 is 15.8 Å². The summed E-state index contributed by atoms with van der Waals surface area (Å²) in [5, 5.41) is 3.05. The number of methoxy groups -OCH3 is 1. The Morgan fingerprint density at radius 2 is 1.80 bits per heavy atom. The number of benzene rings is 1. The molecule has 0 saturated heterocycles. The van der Waals surface area contributed by atoms with E-state index in [9.17, 15) is 4.79 Å². The summed E-state index contributed by atoms with van der Waals surface area (Å²) in [5.74, 6) is -0.0712. The van der Waals surface area contributed by atoms with E-state index in [0.717, 1.165) is 18.4 Å². The van der Waals surface area contributed by atoms with Gasteiger partial charge in [0.25, 0.3) is 5.91 Å². The van der Waals surface area contributed by atoms with Gasteiger partial charge in [-0.1, -0.05) is 26.0 Å². The van der Waals surface area contributed by atoms with Crippen molar-refractivity contribution in [3.63, 3.8) is 0 Å². The predicted molar refractivity (Wildman–Crippen MR) is 84.2 cm³/mol. The normalized spacial score (nSPS) is 10.8. The monoisotopic (exact) mass is 300 g/mol. The molecule has 0 bridgehead atoms. The topological polar surface area (TPSA) is 64.3 Å². The zero-order valence-electron chi connectivity index (χ0n) is 12.4. The van der Waals surface area contributed by atoms with E-state index in [1.54, 1.807) is 7.11 Å². The van der Waals surface area contributed by atoms with Crippen LogP contribution in [0.4, 0.5) is 0 Å². The lowest BCUT2D eigenvalue weighted by Gasteiger charge is -2.31. The molecule has 3 N–H and O–H groups in total. The molecule has 0 fully saturated rings. The van der Waals surface area contributed by atoms with E-state index in [4.69, 9.17) is 10.5 Å². The maximum Gasteiger partial charge on any atom is 0.251 e. The first-order chi connectivity index (χ1) is 9.10. The van der Waals surface area contributed by atoms with Crippen molar-refractivity contribution in [3.8, 4) is 0 Å². The summed E-state index contributed by atoms with van der Waals surface area (Å²) in [6.45, 7) is 5.09. The van der Waals surface area contributed by atoms with Crippen molar-refractivity contribution in [2.75, 3.05) is 13.7 Å². The van der Waals surface area contributed by atoms with Gasteiger partial charge in [-0.25, -0.2) is 0 Å². The Balaban J connectivity index is 0.00000361. The Morgan fingerprint density at radius 1 is 1.25 bits per heavy atom. The van der Waals surface area contributed by atoms with Crippen molar-refractivity contribution in [1.82, 2.24) is 5.32 Å². The molecule has 0 unspecified atom stereocenters. The summed E-state index contributed by atoms with van der Waals surface area (Å²) >= 11 is 0. The number of hydrogen-bond donors (Lipinski definition) is 2. The van der Waals surface area contributed by atoms with E-state index in [1.807, 2.05) is 38.1 Å². The molecule has 114 valence electrons. The van der Waals surface area contributed by atoms with Crippen molar-refractivity contribution in [3.05, 3.63) is 35.4 Å². The standard InChI is InChI=1S/C15H24N2O2.ClH/c1-4-15(5-2,11-16)17-14(18)13-8-6-12(7-9-13)10-19-3;/h6-9H,4-5,10-11,16H2,1-3H3,(H,17,18);1H. The molecule has 0 atom stereocenters. The number of nitrogens with two attached hydrogens (primary N) is 1. The van der Waals surface area contributed by atoms with Crippen molar-refractivity contribution in [1.29, 1.82) is 0 Å². The maximum atomic E-state index is 12.2. The van der Waals surface area contributed by atoms with Gasteiger partial charge in [-0.05, 0) is 30.5 Å². The number of nitrogens with one attached hydrogen (secondary N) is 1. The van der Waals surface area contributed by atoms with E-state index in [0.29, 0.717) is 18.7 Å². The van der Waals surface area contributed by atoms with Gasteiger partial charge in [0.05, 0.1) is 12.1 Å². The van der Waals surface area contributed by atoms with Gasteiger partial charge >= 0.3 is 0 Å². The van der Waals surface area contributed by atoms with Crippen molar-refractivity contribution >= 4 is 18.3 Å². The molecule has 5 heteroatoms. The van der Waals surface area contributed by atoms with E-state index < -0.39 is 0 Å². The fourth-order valence-electron chi connectivity index (χ4n) is 2.00. The average molecular weight is 301 g/mol. The Kier molecular flexibility index (Phi) is 8.46. The van der Waals surface area contributed by atoms with E-state index in [-0.39, 0.29) is 23.9 Å². The van der Waals surface area contributed by atoms with Crippen LogP contribution in [0.1, 0.15) is 42.6 Å². The smallest absolute Gasteiger partial charge is 0.251 e. The zero-order chi connectivity index (χ0) is 14.3. The second-order valence-corrected chi connectivity index (χ2v) is 4.78. The summed E-state index contributed by atoms with van der Waals surface area (Å²) in [7, 11) is 1.65. The van der Waals surface area contributed by atoms with Gasteiger partial charge in [0.15, 0.2) is 0 Å². The predicted octanol–water partition coefficient (Wildman–Crippen LogP) is 2.50. The molecule has 1 aromatic carbocycles. The molecular weight excluding hydrogens is 276 g/mol. The lowest BCUT2D eigenvalue weighted by Crippen LogP contribution is -2.52. The quantitative estimate of drug-likeness (QED) is 0.813. The molecule has 1 rings (SSSR count). The molecule has 0 saturated carbocycles. The van der Waals surface area contributed by atoms with Crippen molar-refractivity contribution in [2.45, 2.75) is 38.8 Å². The molecular formula is C15H25ClN2O2. The summed E-state index contributed by atoms with van der Waals surface area (Å²) in [6.07, 6.45) is 1.65. The number of ether oxygens (including phenoxy) is 1. The van der Waals surface area contributed by atoms with Crippen LogP contribution in [0.15, 0.2) is 24.3 Å². The van der Waals surface area contributed by atoms with Crippen LogP contribution in [0, 0.1) is 0 Å². The van der Waals surface area contributed by atoms with Gasteiger partial charge in [0.2, 0.25) is 0 Å². The molecule has 0 heterocycles. The van der Waals surface area contributed by atoms with Gasteiger partial charge in [0, 0.05) is 19.2 Å². The highest BCUT2D eigenvalue weighted by Crippen LogP contribution is 2.15. The van der Waals surface area contributed by atoms with E-state index >= 15 is 0 Å².